The average Bonchev–Trinajstić information content (AvgIpc) is 2.85. The predicted octanol–water partition coefficient (Wildman–Crippen LogP) is 4.15. The van der Waals surface area contributed by atoms with Crippen molar-refractivity contribution in [3.05, 3.63) is 12.2 Å². The molecule has 0 heterocycles. The first kappa shape index (κ1) is 33.0. The van der Waals surface area contributed by atoms with Gasteiger partial charge in [0.05, 0.1) is 19.8 Å². The molecule has 0 radical (unpaired) electrons. The summed E-state index contributed by atoms with van der Waals surface area (Å²) in [6.07, 6.45) is 7.42. The van der Waals surface area contributed by atoms with Crippen molar-refractivity contribution in [3.8, 4) is 0 Å². The Morgan fingerprint density at radius 1 is 0.714 bits per heavy atom. The van der Waals surface area contributed by atoms with Crippen molar-refractivity contribution < 1.29 is 41.9 Å². The fraction of sp³-hybridized carbons (Fsp3) is 0.792. The fourth-order valence-electron chi connectivity index (χ4n) is 3.10. The van der Waals surface area contributed by atoms with E-state index in [-0.39, 0.29) is 11.9 Å². The van der Waals surface area contributed by atoms with Crippen molar-refractivity contribution in [2.45, 2.75) is 77.2 Å². The molecule has 35 heavy (non-hydrogen) atoms. The van der Waals surface area contributed by atoms with Gasteiger partial charge in [-0.2, -0.15) is 0 Å². The zero-order valence-corrected chi connectivity index (χ0v) is 23.0. The second-order valence-electron chi connectivity index (χ2n) is 8.18. The van der Waals surface area contributed by atoms with Gasteiger partial charge >= 0.3 is 26.8 Å². The lowest BCUT2D eigenvalue weighted by Crippen LogP contribution is -2.42. The van der Waals surface area contributed by atoms with Gasteiger partial charge in [0.15, 0.2) is 0 Å². The van der Waals surface area contributed by atoms with E-state index >= 15 is 0 Å². The van der Waals surface area contributed by atoms with E-state index in [0.29, 0.717) is 50.8 Å². The van der Waals surface area contributed by atoms with Crippen LogP contribution in [0.4, 0.5) is 4.79 Å². The van der Waals surface area contributed by atoms with E-state index in [1.165, 1.54) is 0 Å². The van der Waals surface area contributed by atoms with Crippen LogP contribution in [0.25, 0.3) is 0 Å². The third-order valence-corrected chi connectivity index (χ3v) is 8.09. The van der Waals surface area contributed by atoms with Crippen LogP contribution < -0.4 is 5.32 Å². The molecule has 204 valence electrons. The highest BCUT2D eigenvalue weighted by atomic mass is 28.4. The van der Waals surface area contributed by atoms with Crippen LogP contribution in [0.5, 0.6) is 0 Å². The molecule has 0 fully saturated rings. The highest BCUT2D eigenvalue weighted by molar-refractivity contribution is 6.60. The van der Waals surface area contributed by atoms with E-state index in [4.69, 9.17) is 27.5 Å². The van der Waals surface area contributed by atoms with Gasteiger partial charge in [0.25, 0.3) is 0 Å². The summed E-state index contributed by atoms with van der Waals surface area (Å²) in [6, 6.07) is 0.597. The molecule has 1 N–H and O–H groups in total. The quantitative estimate of drug-likeness (QED) is 0.0739. The summed E-state index contributed by atoms with van der Waals surface area (Å²) in [5, 5.41) is 2.73. The molecule has 0 aliphatic rings. The van der Waals surface area contributed by atoms with E-state index in [9.17, 15) is 14.4 Å². The van der Waals surface area contributed by atoms with Crippen LogP contribution in [0, 0.1) is 0 Å². The molecule has 11 heteroatoms. The van der Waals surface area contributed by atoms with E-state index in [1.54, 1.807) is 28.3 Å². The standard InChI is InChI=1S/C24H45NO9Si/c1-21(2)23(27)33-17-12-9-13-18-34-24(28)25-16-11-8-6-7-10-15-22(26)32-19-14-20-35(29-3,30-4)31-5/h1,6-20H2,2-5H3,(H,25,28). The van der Waals surface area contributed by atoms with E-state index in [0.717, 1.165) is 51.4 Å². The lowest BCUT2D eigenvalue weighted by molar-refractivity contribution is -0.144. The summed E-state index contributed by atoms with van der Waals surface area (Å²) >= 11 is 0. The Balaban J connectivity index is 3.49. The normalized spacial score (nSPS) is 11.1. The van der Waals surface area contributed by atoms with Crippen molar-refractivity contribution in [1.82, 2.24) is 5.32 Å². The number of ether oxygens (including phenoxy) is 3. The molecule has 0 rings (SSSR count). The number of unbranched alkanes of at least 4 members (excludes halogenated alkanes) is 6. The van der Waals surface area contributed by atoms with Gasteiger partial charge in [-0.05, 0) is 45.4 Å². The maximum absolute atomic E-state index is 11.8. The molecule has 0 aliphatic heterocycles. The maximum Gasteiger partial charge on any atom is 0.500 e. The molecule has 0 spiro atoms. The number of carbonyl (C=O) groups excluding carboxylic acids is 3. The van der Waals surface area contributed by atoms with Gasteiger partial charge < -0.3 is 32.8 Å². The smallest absolute Gasteiger partial charge is 0.466 e. The summed E-state index contributed by atoms with van der Waals surface area (Å²) < 4.78 is 31.4. The fourth-order valence-corrected chi connectivity index (χ4v) is 4.79. The summed E-state index contributed by atoms with van der Waals surface area (Å²) in [6.45, 7) is 6.70. The van der Waals surface area contributed by atoms with Gasteiger partial charge in [0.1, 0.15) is 0 Å². The van der Waals surface area contributed by atoms with Crippen molar-refractivity contribution in [1.29, 1.82) is 0 Å². The molecule has 0 aliphatic carbocycles. The molecule has 0 atom stereocenters. The lowest BCUT2D eigenvalue weighted by atomic mass is 10.1. The molecular weight excluding hydrogens is 474 g/mol. The molecule has 0 aromatic rings. The summed E-state index contributed by atoms with van der Waals surface area (Å²) in [5.41, 5.74) is 0.388. The van der Waals surface area contributed by atoms with Gasteiger partial charge in [0.2, 0.25) is 0 Å². The molecule has 0 unspecified atom stereocenters. The molecule has 0 aromatic carbocycles. The monoisotopic (exact) mass is 519 g/mol. The van der Waals surface area contributed by atoms with Crippen molar-refractivity contribution in [3.63, 3.8) is 0 Å². The number of amides is 1. The predicted molar refractivity (Wildman–Crippen MR) is 134 cm³/mol. The first-order valence-corrected chi connectivity index (χ1v) is 14.3. The first-order chi connectivity index (χ1) is 16.8. The van der Waals surface area contributed by atoms with Crippen LogP contribution in [0.2, 0.25) is 6.04 Å². The molecule has 0 bridgehead atoms. The minimum atomic E-state index is -2.60. The molecule has 0 saturated carbocycles. The topological polar surface area (TPSA) is 119 Å². The summed E-state index contributed by atoms with van der Waals surface area (Å²) in [7, 11) is 2.08. The van der Waals surface area contributed by atoms with Crippen LogP contribution in [0.1, 0.15) is 71.1 Å². The third kappa shape index (κ3) is 18.0. The van der Waals surface area contributed by atoms with Crippen molar-refractivity contribution in [2.24, 2.45) is 0 Å². The van der Waals surface area contributed by atoms with E-state index < -0.39 is 14.9 Å². The zero-order valence-electron chi connectivity index (χ0n) is 22.0. The number of hydrogen-bond acceptors (Lipinski definition) is 9. The largest absolute Gasteiger partial charge is 0.500 e. The Morgan fingerprint density at radius 2 is 1.26 bits per heavy atom. The molecule has 1 amide bonds. The summed E-state index contributed by atoms with van der Waals surface area (Å²) in [4.78, 5) is 34.7. The van der Waals surface area contributed by atoms with Gasteiger partial charge in [-0.1, -0.05) is 25.8 Å². The second-order valence-corrected chi connectivity index (χ2v) is 11.3. The Kier molecular flexibility index (Phi) is 20.1. The van der Waals surface area contributed by atoms with Crippen LogP contribution >= 0.6 is 0 Å². The van der Waals surface area contributed by atoms with E-state index in [2.05, 4.69) is 11.9 Å². The van der Waals surface area contributed by atoms with Crippen LogP contribution in [0.15, 0.2) is 12.2 Å². The van der Waals surface area contributed by atoms with Gasteiger partial charge in [0, 0.05) is 45.9 Å². The number of rotatable bonds is 22. The number of hydrogen-bond donors (Lipinski definition) is 1. The lowest BCUT2D eigenvalue weighted by Gasteiger charge is -2.24. The number of alkyl carbamates (subject to hydrolysis) is 1. The number of nitrogens with one attached hydrogen (secondary N) is 1. The van der Waals surface area contributed by atoms with Crippen LogP contribution in [-0.4, -0.2) is 74.5 Å². The average molecular weight is 520 g/mol. The maximum atomic E-state index is 11.8. The van der Waals surface area contributed by atoms with Crippen LogP contribution in [-0.2, 0) is 37.1 Å². The Hall–Kier alpha value is -1.95. The minimum absolute atomic E-state index is 0.193. The number of carbonyl (C=O) groups is 3. The summed E-state index contributed by atoms with van der Waals surface area (Å²) in [5.74, 6) is -0.571. The van der Waals surface area contributed by atoms with Crippen molar-refractivity contribution in [2.75, 3.05) is 47.7 Å². The van der Waals surface area contributed by atoms with Crippen molar-refractivity contribution >= 4 is 26.8 Å². The first-order valence-electron chi connectivity index (χ1n) is 12.3. The molecular formula is C24H45NO9Si. The highest BCUT2D eigenvalue weighted by Crippen LogP contribution is 2.15. The molecule has 0 saturated heterocycles. The third-order valence-electron chi connectivity index (χ3n) is 5.25. The van der Waals surface area contributed by atoms with Gasteiger partial charge in [-0.3, -0.25) is 4.79 Å². The Morgan fingerprint density at radius 3 is 1.89 bits per heavy atom. The SMILES string of the molecule is C=C(C)C(=O)OCCCCCOC(=O)NCCCCCCCC(=O)OCCC[Si](OC)(OC)OC. The van der Waals surface area contributed by atoms with Gasteiger partial charge in [-0.25, -0.2) is 9.59 Å². The van der Waals surface area contributed by atoms with Crippen LogP contribution in [0.3, 0.4) is 0 Å². The highest BCUT2D eigenvalue weighted by Gasteiger charge is 2.36. The van der Waals surface area contributed by atoms with Gasteiger partial charge in [-0.15, -0.1) is 0 Å². The zero-order chi connectivity index (χ0) is 26.4. The molecule has 0 aromatic heterocycles. The Bertz CT molecular complexity index is 604. The number of esters is 2. The van der Waals surface area contributed by atoms with E-state index in [1.807, 2.05) is 0 Å². The second kappa shape index (κ2) is 21.3. The Labute approximate surface area is 211 Å². The molecule has 10 nitrogen and oxygen atoms in total. The minimum Gasteiger partial charge on any atom is -0.466 e.